The van der Waals surface area contributed by atoms with Crippen LogP contribution in [-0.2, 0) is 6.61 Å². The van der Waals surface area contributed by atoms with Crippen LogP contribution in [-0.4, -0.2) is 11.8 Å². The largest absolute Gasteiger partial charge is 0.487 e. The van der Waals surface area contributed by atoms with Gasteiger partial charge in [-0.05, 0) is 18.2 Å². The Morgan fingerprint density at radius 1 is 1.09 bits per heavy atom. The summed E-state index contributed by atoms with van der Waals surface area (Å²) >= 11 is 6.34. The molecule has 2 heterocycles. The van der Waals surface area contributed by atoms with Crippen molar-refractivity contribution in [1.29, 1.82) is 0 Å². The van der Waals surface area contributed by atoms with Crippen molar-refractivity contribution in [2.45, 2.75) is 6.61 Å². The first-order valence-corrected chi connectivity index (χ1v) is 7.24. The van der Waals surface area contributed by atoms with E-state index in [0.717, 1.165) is 22.2 Å². The molecule has 0 saturated heterocycles. The van der Waals surface area contributed by atoms with Crippen LogP contribution in [0.15, 0.2) is 48.7 Å². The molecule has 0 atom stereocenters. The van der Waals surface area contributed by atoms with Crippen LogP contribution in [0.3, 0.4) is 0 Å². The van der Waals surface area contributed by atoms with Gasteiger partial charge >= 0.3 is 0 Å². The van der Waals surface area contributed by atoms with Crippen LogP contribution in [0, 0.1) is 0 Å². The molecule has 0 bridgehead atoms. The van der Waals surface area contributed by atoms with Crippen LogP contribution in [0.2, 0.25) is 5.02 Å². The van der Waals surface area contributed by atoms with E-state index in [9.17, 15) is 0 Å². The summed E-state index contributed by atoms with van der Waals surface area (Å²) < 4.78 is 16.6. The van der Waals surface area contributed by atoms with Gasteiger partial charge in [-0.1, -0.05) is 35.9 Å². The van der Waals surface area contributed by atoms with E-state index < -0.39 is 0 Å². The van der Waals surface area contributed by atoms with Crippen molar-refractivity contribution in [3.05, 3.63) is 59.2 Å². The maximum Gasteiger partial charge on any atom is 0.231 e. The third kappa shape index (κ3) is 2.22. The lowest BCUT2D eigenvalue weighted by atomic mass is 10.2. The molecule has 0 spiro atoms. The number of aromatic nitrogens is 1. The van der Waals surface area contributed by atoms with Crippen LogP contribution < -0.4 is 14.2 Å². The van der Waals surface area contributed by atoms with Crippen molar-refractivity contribution in [2.75, 3.05) is 6.79 Å². The molecule has 0 aliphatic carbocycles. The Labute approximate surface area is 132 Å². The first-order valence-electron chi connectivity index (χ1n) is 6.86. The van der Waals surface area contributed by atoms with E-state index in [4.69, 9.17) is 25.8 Å². The minimum atomic E-state index is 0.201. The van der Waals surface area contributed by atoms with Crippen molar-refractivity contribution in [3.63, 3.8) is 0 Å². The zero-order valence-electron chi connectivity index (χ0n) is 11.6. The van der Waals surface area contributed by atoms with Crippen LogP contribution in [0.1, 0.15) is 5.56 Å². The molecule has 1 aromatic heterocycles. The molecule has 0 amide bonds. The van der Waals surface area contributed by atoms with Gasteiger partial charge in [-0.2, -0.15) is 0 Å². The number of para-hydroxylation sites is 1. The third-order valence-corrected chi connectivity index (χ3v) is 3.95. The van der Waals surface area contributed by atoms with E-state index in [2.05, 4.69) is 4.98 Å². The number of fused-ring (bicyclic) bond motifs is 2. The number of pyridine rings is 1. The zero-order valence-corrected chi connectivity index (χ0v) is 12.3. The quantitative estimate of drug-likeness (QED) is 0.726. The summed E-state index contributed by atoms with van der Waals surface area (Å²) in [6, 6.07) is 13.5. The van der Waals surface area contributed by atoms with Crippen molar-refractivity contribution in [1.82, 2.24) is 4.98 Å². The molecule has 22 heavy (non-hydrogen) atoms. The highest BCUT2D eigenvalue weighted by Crippen LogP contribution is 2.41. The zero-order chi connectivity index (χ0) is 14.9. The molecule has 0 unspecified atom stereocenters. The molecule has 4 rings (SSSR count). The van der Waals surface area contributed by atoms with Crippen LogP contribution in [0.4, 0.5) is 0 Å². The predicted octanol–water partition coefficient (Wildman–Crippen LogP) is 4.20. The normalized spacial score (nSPS) is 12.6. The maximum absolute atomic E-state index is 6.34. The summed E-state index contributed by atoms with van der Waals surface area (Å²) in [5, 5.41) is 1.57. The number of ether oxygens (including phenoxy) is 3. The fraction of sp³-hybridized carbons (Fsp3) is 0.118. The van der Waals surface area contributed by atoms with Gasteiger partial charge < -0.3 is 14.2 Å². The van der Waals surface area contributed by atoms with E-state index in [1.165, 1.54) is 0 Å². The second-order valence-corrected chi connectivity index (χ2v) is 5.27. The minimum Gasteiger partial charge on any atom is -0.487 e. The van der Waals surface area contributed by atoms with Gasteiger partial charge in [0.05, 0.1) is 5.02 Å². The van der Waals surface area contributed by atoms with E-state index >= 15 is 0 Å². The van der Waals surface area contributed by atoms with Gasteiger partial charge in [0.1, 0.15) is 17.9 Å². The standard InChI is InChI=1S/C17H12ClNO3/c18-15-12(6-7-14-17(15)22-10-21-14)9-20-13-5-1-3-11-4-2-8-19-16(11)13/h1-8H,9-10H2. The number of nitrogens with zero attached hydrogens (tertiary/aromatic N) is 1. The molecule has 0 radical (unpaired) electrons. The van der Waals surface area contributed by atoms with Crippen LogP contribution in [0.25, 0.3) is 10.9 Å². The molecular weight excluding hydrogens is 302 g/mol. The van der Waals surface area contributed by atoms with Crippen molar-refractivity contribution < 1.29 is 14.2 Å². The highest BCUT2D eigenvalue weighted by molar-refractivity contribution is 6.33. The van der Waals surface area contributed by atoms with E-state index in [0.29, 0.717) is 23.1 Å². The molecule has 0 saturated carbocycles. The fourth-order valence-electron chi connectivity index (χ4n) is 2.44. The van der Waals surface area contributed by atoms with Crippen molar-refractivity contribution in [2.24, 2.45) is 0 Å². The first kappa shape index (κ1) is 13.2. The summed E-state index contributed by atoms with van der Waals surface area (Å²) in [6.07, 6.45) is 1.75. The second kappa shape index (κ2) is 5.39. The number of rotatable bonds is 3. The van der Waals surface area contributed by atoms with E-state index in [1.807, 2.05) is 42.5 Å². The van der Waals surface area contributed by atoms with Gasteiger partial charge in [-0.3, -0.25) is 4.98 Å². The molecule has 1 aliphatic heterocycles. The third-order valence-electron chi connectivity index (χ3n) is 3.54. The molecule has 1 aliphatic rings. The SMILES string of the molecule is Clc1c(COc2cccc3cccnc23)ccc2c1OCO2. The number of hydrogen-bond donors (Lipinski definition) is 0. The van der Waals surface area contributed by atoms with Crippen molar-refractivity contribution in [3.8, 4) is 17.2 Å². The lowest BCUT2D eigenvalue weighted by Gasteiger charge is -2.10. The average molecular weight is 314 g/mol. The van der Waals surface area contributed by atoms with Gasteiger partial charge in [0, 0.05) is 17.1 Å². The average Bonchev–Trinajstić information content (AvgIpc) is 3.04. The number of hydrogen-bond acceptors (Lipinski definition) is 4. The molecule has 4 nitrogen and oxygen atoms in total. The smallest absolute Gasteiger partial charge is 0.231 e. The summed E-state index contributed by atoms with van der Waals surface area (Å²) in [7, 11) is 0. The Hall–Kier alpha value is -2.46. The highest BCUT2D eigenvalue weighted by atomic mass is 35.5. The van der Waals surface area contributed by atoms with Crippen molar-refractivity contribution >= 4 is 22.5 Å². The maximum atomic E-state index is 6.34. The van der Waals surface area contributed by atoms with Gasteiger partial charge in [-0.25, -0.2) is 0 Å². The van der Waals surface area contributed by atoms with E-state index in [1.54, 1.807) is 6.20 Å². The molecule has 0 fully saturated rings. The Balaban J connectivity index is 1.63. The lowest BCUT2D eigenvalue weighted by molar-refractivity contribution is 0.174. The minimum absolute atomic E-state index is 0.201. The number of benzene rings is 2. The molecule has 5 heteroatoms. The van der Waals surface area contributed by atoms with Gasteiger partial charge in [0.2, 0.25) is 6.79 Å². The summed E-state index contributed by atoms with van der Waals surface area (Å²) in [6.45, 7) is 0.539. The molecule has 0 N–H and O–H groups in total. The van der Waals surface area contributed by atoms with Crippen LogP contribution >= 0.6 is 11.6 Å². The molecular formula is C17H12ClNO3. The Morgan fingerprint density at radius 2 is 2.00 bits per heavy atom. The van der Waals surface area contributed by atoms with E-state index in [-0.39, 0.29) is 6.79 Å². The number of halogens is 1. The van der Waals surface area contributed by atoms with Gasteiger partial charge in [0.25, 0.3) is 0 Å². The van der Waals surface area contributed by atoms with Crippen LogP contribution in [0.5, 0.6) is 17.2 Å². The highest BCUT2D eigenvalue weighted by Gasteiger charge is 2.19. The predicted molar refractivity (Wildman–Crippen MR) is 83.7 cm³/mol. The summed E-state index contributed by atoms with van der Waals surface area (Å²) in [4.78, 5) is 4.37. The fourth-order valence-corrected chi connectivity index (χ4v) is 2.70. The molecule has 110 valence electrons. The Bertz CT molecular complexity index is 845. The topological polar surface area (TPSA) is 40.6 Å². The van der Waals surface area contributed by atoms with Gasteiger partial charge in [0.15, 0.2) is 11.5 Å². The molecule has 2 aromatic carbocycles. The monoisotopic (exact) mass is 313 g/mol. The molecule has 3 aromatic rings. The summed E-state index contributed by atoms with van der Waals surface area (Å²) in [5.41, 5.74) is 1.68. The second-order valence-electron chi connectivity index (χ2n) is 4.89. The van der Waals surface area contributed by atoms with Gasteiger partial charge in [-0.15, -0.1) is 0 Å². The lowest BCUT2D eigenvalue weighted by Crippen LogP contribution is -1.98. The Morgan fingerprint density at radius 3 is 2.95 bits per heavy atom. The first-order chi connectivity index (χ1) is 10.8. The Kier molecular flexibility index (Phi) is 3.24. The summed E-state index contributed by atoms with van der Waals surface area (Å²) in [5.74, 6) is 1.98.